The van der Waals surface area contributed by atoms with E-state index in [-0.39, 0.29) is 0 Å². The molecule has 0 radical (unpaired) electrons. The lowest BCUT2D eigenvalue weighted by Gasteiger charge is -2.19. The number of aliphatic hydroxyl groups excluding tert-OH is 2. The minimum absolute atomic E-state index is 0.331. The third kappa shape index (κ3) is 18.1. The van der Waals surface area contributed by atoms with Gasteiger partial charge >= 0.3 is 0 Å². The summed E-state index contributed by atoms with van der Waals surface area (Å²) in [5.41, 5.74) is 2.78. The average molecular weight is 533 g/mol. The summed E-state index contributed by atoms with van der Waals surface area (Å²) in [5.74, 6) is 1.90. The van der Waals surface area contributed by atoms with Crippen molar-refractivity contribution in [2.24, 2.45) is 11.8 Å². The van der Waals surface area contributed by atoms with Crippen molar-refractivity contribution >= 4 is 11.6 Å². The fourth-order valence-corrected chi connectivity index (χ4v) is 5.57. The van der Waals surface area contributed by atoms with Crippen molar-refractivity contribution < 1.29 is 19.8 Å². The van der Waals surface area contributed by atoms with Gasteiger partial charge in [0.05, 0.1) is 0 Å². The van der Waals surface area contributed by atoms with E-state index in [1.807, 2.05) is 12.2 Å². The molecule has 220 valence electrons. The molecule has 4 nitrogen and oxygen atoms in total. The van der Waals surface area contributed by atoms with Crippen LogP contribution in [-0.2, 0) is 9.59 Å². The Bertz CT molecular complexity index is 620. The first-order chi connectivity index (χ1) is 18.5. The maximum Gasteiger partial charge on any atom is 0.155 e. The van der Waals surface area contributed by atoms with Crippen LogP contribution in [0.25, 0.3) is 0 Å². The Kier molecular flexibility index (Phi) is 21.6. The Labute approximate surface area is 234 Å². The molecule has 38 heavy (non-hydrogen) atoms. The maximum atomic E-state index is 11.4. The Morgan fingerprint density at radius 2 is 0.816 bits per heavy atom. The van der Waals surface area contributed by atoms with Gasteiger partial charge in [0.1, 0.15) is 0 Å². The molecule has 0 bridgehead atoms. The van der Waals surface area contributed by atoms with Gasteiger partial charge in [-0.1, -0.05) is 102 Å². The van der Waals surface area contributed by atoms with Crippen molar-refractivity contribution in [1.29, 1.82) is 0 Å². The minimum Gasteiger partial charge on any atom is -0.396 e. The zero-order valence-electron chi connectivity index (χ0n) is 25.0. The van der Waals surface area contributed by atoms with Crippen LogP contribution in [0.2, 0.25) is 0 Å². The monoisotopic (exact) mass is 532 g/mol. The van der Waals surface area contributed by atoms with Gasteiger partial charge in [-0.3, -0.25) is 9.59 Å². The number of ketones is 2. The topological polar surface area (TPSA) is 74.6 Å². The summed E-state index contributed by atoms with van der Waals surface area (Å²) in [4.78, 5) is 22.8. The van der Waals surface area contributed by atoms with Gasteiger partial charge in [0, 0.05) is 26.1 Å². The molecule has 0 aliphatic heterocycles. The molecule has 0 aromatic rings. The van der Waals surface area contributed by atoms with Crippen LogP contribution in [-0.4, -0.2) is 35.0 Å². The van der Waals surface area contributed by atoms with Gasteiger partial charge in [0.15, 0.2) is 11.6 Å². The number of carbonyl (C=O) groups is 2. The number of aliphatic hydroxyl groups is 2. The second-order valence-corrected chi connectivity index (χ2v) is 11.9. The Morgan fingerprint density at radius 3 is 1.13 bits per heavy atom. The lowest BCUT2D eigenvalue weighted by atomic mass is 9.85. The second kappa shape index (κ2) is 23.6. The first kappa shape index (κ1) is 34.8. The van der Waals surface area contributed by atoms with Crippen LogP contribution in [0.5, 0.6) is 0 Å². The van der Waals surface area contributed by atoms with E-state index in [1.165, 1.54) is 101 Å². The van der Waals surface area contributed by atoms with Gasteiger partial charge in [0.25, 0.3) is 0 Å². The molecule has 2 aliphatic carbocycles. The van der Waals surface area contributed by atoms with Crippen molar-refractivity contribution in [2.75, 3.05) is 13.2 Å². The molecule has 2 atom stereocenters. The van der Waals surface area contributed by atoms with E-state index >= 15 is 0 Å². The van der Waals surface area contributed by atoms with E-state index in [0.29, 0.717) is 36.6 Å². The Hall–Kier alpha value is -1.26. The number of allylic oxidation sites excluding steroid dienone is 4. The highest BCUT2D eigenvalue weighted by Crippen LogP contribution is 2.28. The van der Waals surface area contributed by atoms with Crippen molar-refractivity contribution in [2.45, 2.75) is 155 Å². The number of carbonyl (C=O) groups excluding carboxylic acids is 2. The first-order valence-electron chi connectivity index (χ1n) is 16.2. The molecule has 0 aromatic heterocycles. The lowest BCUT2D eigenvalue weighted by Crippen LogP contribution is -2.11. The van der Waals surface area contributed by atoms with Crippen LogP contribution in [0, 0.1) is 11.8 Å². The molecule has 2 aliphatic rings. The second-order valence-electron chi connectivity index (χ2n) is 11.9. The quantitative estimate of drug-likeness (QED) is 0.154. The van der Waals surface area contributed by atoms with E-state index in [1.54, 1.807) is 0 Å². The molecule has 0 heterocycles. The van der Waals surface area contributed by atoms with Crippen LogP contribution in [0.1, 0.15) is 155 Å². The highest BCUT2D eigenvalue weighted by Gasteiger charge is 2.17. The lowest BCUT2D eigenvalue weighted by molar-refractivity contribution is -0.116. The predicted octanol–water partition coefficient (Wildman–Crippen LogP) is 8.83. The number of rotatable bonds is 20. The number of hydrogen-bond acceptors (Lipinski definition) is 4. The normalized spacial score (nSPS) is 19.6. The molecule has 2 unspecified atom stereocenters. The summed E-state index contributed by atoms with van der Waals surface area (Å²) in [7, 11) is 0. The summed E-state index contributed by atoms with van der Waals surface area (Å²) in [6.07, 6.45) is 29.4. The van der Waals surface area contributed by atoms with E-state index in [2.05, 4.69) is 13.8 Å². The number of unbranched alkanes of at least 4 members (excludes halogenated alkanes) is 14. The summed E-state index contributed by atoms with van der Waals surface area (Å²) < 4.78 is 0. The fraction of sp³-hybridized carbons (Fsp3) is 0.824. The molecule has 0 aromatic carbocycles. The summed E-state index contributed by atoms with van der Waals surface area (Å²) in [6.45, 7) is 5.18. The van der Waals surface area contributed by atoms with E-state index < -0.39 is 0 Å². The maximum absolute atomic E-state index is 11.4. The van der Waals surface area contributed by atoms with Gasteiger partial charge in [0.2, 0.25) is 0 Å². The zero-order chi connectivity index (χ0) is 27.8. The highest BCUT2D eigenvalue weighted by atomic mass is 16.3. The molecule has 0 saturated heterocycles. The van der Waals surface area contributed by atoms with Crippen molar-refractivity contribution in [3.8, 4) is 0 Å². The van der Waals surface area contributed by atoms with Gasteiger partial charge in [-0.05, 0) is 75.4 Å². The van der Waals surface area contributed by atoms with Crippen LogP contribution in [0.3, 0.4) is 0 Å². The molecule has 0 spiro atoms. The molecule has 0 saturated carbocycles. The van der Waals surface area contributed by atoms with E-state index in [0.717, 1.165) is 51.4 Å². The summed E-state index contributed by atoms with van der Waals surface area (Å²) >= 11 is 0. The molecule has 2 rings (SSSR count). The van der Waals surface area contributed by atoms with Crippen LogP contribution in [0.15, 0.2) is 23.3 Å². The largest absolute Gasteiger partial charge is 0.396 e. The Balaban J connectivity index is 0.000000380. The molecule has 0 fully saturated rings. The van der Waals surface area contributed by atoms with Gasteiger partial charge in [-0.2, -0.15) is 0 Å². The van der Waals surface area contributed by atoms with Gasteiger partial charge in [-0.25, -0.2) is 0 Å². The standard InChI is InChI=1S/2C17H30O2/c2*1-15-11-12-17(19)14-16(15)10-8-6-4-2-3-5-7-9-13-18/h2*14-15,18H,2-13H2,1H3. The van der Waals surface area contributed by atoms with Crippen LogP contribution >= 0.6 is 0 Å². The molecule has 2 N–H and O–H groups in total. The minimum atomic E-state index is 0.331. The highest BCUT2D eigenvalue weighted by molar-refractivity contribution is 5.91. The van der Waals surface area contributed by atoms with E-state index in [4.69, 9.17) is 10.2 Å². The molecule has 4 heteroatoms. The van der Waals surface area contributed by atoms with Crippen LogP contribution in [0.4, 0.5) is 0 Å². The first-order valence-corrected chi connectivity index (χ1v) is 16.2. The SMILES string of the molecule is CC1CCC(=O)C=C1CCCCCCCCCCO.CC1CCC(=O)C=C1CCCCCCCCCCO. The van der Waals surface area contributed by atoms with Crippen molar-refractivity contribution in [3.05, 3.63) is 23.3 Å². The third-order valence-electron chi connectivity index (χ3n) is 8.35. The zero-order valence-corrected chi connectivity index (χ0v) is 25.0. The number of hydrogen-bond donors (Lipinski definition) is 2. The fourth-order valence-electron chi connectivity index (χ4n) is 5.57. The predicted molar refractivity (Wildman–Crippen MR) is 160 cm³/mol. The molecular formula is C34H60O4. The Morgan fingerprint density at radius 1 is 0.526 bits per heavy atom. The average Bonchev–Trinajstić information content (AvgIpc) is 2.91. The summed E-state index contributed by atoms with van der Waals surface area (Å²) in [6, 6.07) is 0. The van der Waals surface area contributed by atoms with Gasteiger partial charge in [-0.15, -0.1) is 0 Å². The van der Waals surface area contributed by atoms with Gasteiger partial charge < -0.3 is 10.2 Å². The third-order valence-corrected chi connectivity index (χ3v) is 8.35. The van der Waals surface area contributed by atoms with Crippen molar-refractivity contribution in [1.82, 2.24) is 0 Å². The van der Waals surface area contributed by atoms with Crippen LogP contribution < -0.4 is 0 Å². The van der Waals surface area contributed by atoms with Crippen molar-refractivity contribution in [3.63, 3.8) is 0 Å². The summed E-state index contributed by atoms with van der Waals surface area (Å²) in [5, 5.41) is 17.3. The molecular weight excluding hydrogens is 472 g/mol. The van der Waals surface area contributed by atoms with E-state index in [9.17, 15) is 9.59 Å². The molecule has 0 amide bonds. The smallest absolute Gasteiger partial charge is 0.155 e.